The van der Waals surface area contributed by atoms with E-state index in [0.29, 0.717) is 35.3 Å². The first-order valence-corrected chi connectivity index (χ1v) is 12.5. The first kappa shape index (κ1) is 33.7. The lowest BCUT2D eigenvalue weighted by Gasteiger charge is -2.24. The normalized spacial score (nSPS) is 11.7. The monoisotopic (exact) mass is 558 g/mol. The van der Waals surface area contributed by atoms with Gasteiger partial charge in [-0.25, -0.2) is 9.37 Å². The van der Waals surface area contributed by atoms with Gasteiger partial charge in [-0.3, -0.25) is 19.2 Å². The first-order valence-electron chi connectivity index (χ1n) is 12.5. The number of carbonyl (C=O) groups is 3. The Morgan fingerprint density at radius 3 is 2.48 bits per heavy atom. The second-order valence-corrected chi connectivity index (χ2v) is 9.80. The highest BCUT2D eigenvalue weighted by Gasteiger charge is 2.28. The van der Waals surface area contributed by atoms with Gasteiger partial charge in [0.2, 0.25) is 18.2 Å². The molecule has 6 N–H and O–H groups in total. The summed E-state index contributed by atoms with van der Waals surface area (Å²) >= 11 is 0. The number of primary amides is 2. The van der Waals surface area contributed by atoms with Crippen LogP contribution in [0.1, 0.15) is 57.6 Å². The van der Waals surface area contributed by atoms with Crippen molar-refractivity contribution in [1.29, 1.82) is 0 Å². The number of imidazole rings is 1. The van der Waals surface area contributed by atoms with Crippen molar-refractivity contribution in [2.45, 2.75) is 52.8 Å². The number of ether oxygens (including phenoxy) is 1. The lowest BCUT2D eigenvalue weighted by atomic mass is 9.85. The van der Waals surface area contributed by atoms with Crippen LogP contribution in [-0.4, -0.2) is 47.0 Å². The van der Waals surface area contributed by atoms with Crippen molar-refractivity contribution in [3.05, 3.63) is 70.4 Å². The predicted molar refractivity (Wildman–Crippen MR) is 153 cm³/mol. The number of pyridine rings is 1. The minimum absolute atomic E-state index is 0.140. The summed E-state index contributed by atoms with van der Waals surface area (Å²) in [5, 5.41) is 2.64. The van der Waals surface area contributed by atoms with Crippen LogP contribution in [0.15, 0.2) is 53.5 Å². The van der Waals surface area contributed by atoms with Crippen LogP contribution in [0.2, 0.25) is 0 Å². The van der Waals surface area contributed by atoms with E-state index < -0.39 is 17.5 Å². The zero-order valence-electron chi connectivity index (χ0n) is 23.6. The van der Waals surface area contributed by atoms with Crippen LogP contribution in [0.4, 0.5) is 10.1 Å². The molecular weight excluding hydrogens is 519 g/mol. The topological polar surface area (TPSA) is 175 Å². The summed E-state index contributed by atoms with van der Waals surface area (Å²) in [5.41, 5.74) is 10.1. The third-order valence-corrected chi connectivity index (χ3v) is 5.30. The molecule has 12 heteroatoms. The van der Waals surface area contributed by atoms with Crippen LogP contribution in [0, 0.1) is 5.41 Å². The minimum Gasteiger partial charge on any atom is -0.388 e. The Hall–Kier alpha value is -4.32. The average Bonchev–Trinajstić information content (AvgIpc) is 3.29. The third kappa shape index (κ3) is 10.8. The molecule has 0 fully saturated rings. The number of alkyl halides is 1. The van der Waals surface area contributed by atoms with Crippen molar-refractivity contribution >= 4 is 34.9 Å². The van der Waals surface area contributed by atoms with Crippen LogP contribution in [0.5, 0.6) is 0 Å². The molecule has 0 bridgehead atoms. The number of para-hydroxylation sites is 1. The van der Waals surface area contributed by atoms with Crippen LogP contribution >= 0.6 is 0 Å². The van der Waals surface area contributed by atoms with E-state index in [0.717, 1.165) is 0 Å². The highest BCUT2D eigenvalue weighted by Crippen LogP contribution is 2.38. The molecule has 40 heavy (non-hydrogen) atoms. The Morgan fingerprint density at radius 2 is 1.88 bits per heavy atom. The van der Waals surface area contributed by atoms with E-state index in [1.54, 1.807) is 44.7 Å². The van der Waals surface area contributed by atoms with Gasteiger partial charge < -0.3 is 31.1 Å². The number of hydrogen-bond donors (Lipinski definition) is 4. The Kier molecular flexibility index (Phi) is 14.0. The highest BCUT2D eigenvalue weighted by molar-refractivity contribution is 5.90. The Morgan fingerprint density at radius 1 is 1.23 bits per heavy atom. The fraction of sp³-hybridized carbons (Fsp3) is 0.393. The number of methoxy groups -OCH3 is 1. The summed E-state index contributed by atoms with van der Waals surface area (Å²) in [7, 11) is 3.25. The standard InChI is InChI=1S/C25H30FN5O3.C2H6O.CH3NO/c1-25(2,3)23(26)16-9-7-10-17-22(16)30-20(28-17)15-31-14-8-11-18(24(31)34)29-21(33)13-6-4-5-12-19(27)32;1-3-2;2-1-3/h5,7-12,14,23H,4,6,13,15H2,1-3H3,(H2,27,32)(H,28,30)(H,29,33);1-2H3;1H,(H2,2,3)/b12-5+;;. The second-order valence-electron chi connectivity index (χ2n) is 9.80. The van der Waals surface area contributed by atoms with E-state index in [9.17, 15) is 14.4 Å². The molecule has 0 aliphatic heterocycles. The molecule has 3 aromatic rings. The van der Waals surface area contributed by atoms with Crippen molar-refractivity contribution in [3.8, 4) is 0 Å². The summed E-state index contributed by atoms with van der Waals surface area (Å²) in [6.07, 6.45) is 4.76. The van der Waals surface area contributed by atoms with E-state index in [4.69, 9.17) is 10.5 Å². The Balaban J connectivity index is 0.00000122. The summed E-state index contributed by atoms with van der Waals surface area (Å²) < 4.78 is 20.7. The number of anilines is 1. The molecule has 11 nitrogen and oxygen atoms in total. The van der Waals surface area contributed by atoms with E-state index in [2.05, 4.69) is 25.8 Å². The second kappa shape index (κ2) is 16.6. The van der Waals surface area contributed by atoms with Crippen LogP contribution in [-0.2, 0) is 25.7 Å². The van der Waals surface area contributed by atoms with Gasteiger partial charge in [-0.1, -0.05) is 39.0 Å². The van der Waals surface area contributed by atoms with E-state index in [-0.39, 0.29) is 36.5 Å². The molecule has 0 spiro atoms. The Labute approximate surface area is 232 Å². The van der Waals surface area contributed by atoms with Crippen molar-refractivity contribution < 1.29 is 23.5 Å². The van der Waals surface area contributed by atoms with Crippen molar-refractivity contribution in [3.63, 3.8) is 0 Å². The van der Waals surface area contributed by atoms with Gasteiger partial charge in [0, 0.05) is 32.4 Å². The number of nitrogens with two attached hydrogens (primary N) is 2. The van der Waals surface area contributed by atoms with Crippen molar-refractivity contribution in [2.75, 3.05) is 19.5 Å². The molecule has 0 saturated carbocycles. The molecule has 3 rings (SSSR count). The van der Waals surface area contributed by atoms with Gasteiger partial charge in [-0.05, 0) is 42.5 Å². The SMILES string of the molecule is CC(C)(C)C(F)c1cccc2[nH]c(Cn3cccc(NC(=O)CCC/C=C/C(N)=O)c3=O)nc12.COC.NC=O. The number of carbonyl (C=O) groups excluding carboxylic acids is 3. The van der Waals surface area contributed by atoms with Crippen LogP contribution < -0.4 is 22.3 Å². The molecule has 0 aliphatic rings. The zero-order valence-corrected chi connectivity index (χ0v) is 23.6. The number of halogens is 1. The molecule has 2 aromatic heterocycles. The van der Waals surface area contributed by atoms with Gasteiger partial charge in [0.05, 0.1) is 17.6 Å². The smallest absolute Gasteiger partial charge is 0.274 e. The molecule has 1 aromatic carbocycles. The van der Waals surface area contributed by atoms with Gasteiger partial charge in [-0.15, -0.1) is 0 Å². The molecule has 1 unspecified atom stereocenters. The molecule has 2 heterocycles. The van der Waals surface area contributed by atoms with Gasteiger partial charge in [0.25, 0.3) is 5.56 Å². The van der Waals surface area contributed by atoms with E-state index >= 15 is 4.39 Å². The average molecular weight is 559 g/mol. The number of aromatic amines is 1. The fourth-order valence-corrected chi connectivity index (χ4v) is 3.56. The van der Waals surface area contributed by atoms with E-state index in [1.807, 2.05) is 26.8 Å². The van der Waals surface area contributed by atoms with E-state index in [1.165, 1.54) is 16.7 Å². The number of hydrogen-bond acceptors (Lipinski definition) is 6. The molecule has 0 saturated heterocycles. The largest absolute Gasteiger partial charge is 0.388 e. The molecule has 0 aliphatic carbocycles. The highest BCUT2D eigenvalue weighted by atomic mass is 19.1. The number of aromatic nitrogens is 3. The first-order chi connectivity index (χ1) is 18.9. The number of unbranched alkanes of at least 4 members (excludes halogenated alkanes) is 1. The van der Waals surface area contributed by atoms with Crippen LogP contribution in [0.3, 0.4) is 0 Å². The molecule has 3 amide bonds. The number of nitrogens with zero attached hydrogens (tertiary/aromatic N) is 2. The summed E-state index contributed by atoms with van der Waals surface area (Å²) in [6.45, 7) is 5.64. The van der Waals surface area contributed by atoms with Gasteiger partial charge in [-0.2, -0.15) is 0 Å². The van der Waals surface area contributed by atoms with Gasteiger partial charge in [0.15, 0.2) is 0 Å². The quantitative estimate of drug-likeness (QED) is 0.178. The maximum atomic E-state index is 15.0. The number of allylic oxidation sites excluding steroid dienone is 1. The molecule has 1 atom stereocenters. The molecule has 0 radical (unpaired) electrons. The Bertz CT molecular complexity index is 1340. The number of H-pyrrole nitrogens is 1. The lowest BCUT2D eigenvalue weighted by molar-refractivity contribution is -0.116. The van der Waals surface area contributed by atoms with Gasteiger partial charge in [0.1, 0.15) is 17.7 Å². The zero-order chi connectivity index (χ0) is 30.3. The number of rotatable bonds is 9. The third-order valence-electron chi connectivity index (χ3n) is 5.30. The number of nitrogens with one attached hydrogen (secondary N) is 2. The number of benzene rings is 1. The lowest BCUT2D eigenvalue weighted by Crippen LogP contribution is -2.26. The predicted octanol–water partition coefficient (Wildman–Crippen LogP) is 3.34. The van der Waals surface area contributed by atoms with Gasteiger partial charge >= 0.3 is 0 Å². The van der Waals surface area contributed by atoms with Crippen LogP contribution in [0.25, 0.3) is 11.0 Å². The number of fused-ring (bicyclic) bond motifs is 1. The summed E-state index contributed by atoms with van der Waals surface area (Å²) in [6, 6.07) is 8.54. The minimum atomic E-state index is -1.19. The van der Waals surface area contributed by atoms with Crippen molar-refractivity contribution in [2.24, 2.45) is 16.9 Å². The maximum Gasteiger partial charge on any atom is 0.274 e. The molecular formula is C28H39FN6O5. The fourth-order valence-electron chi connectivity index (χ4n) is 3.56. The number of amides is 3. The molecule has 218 valence electrons. The summed E-state index contributed by atoms with van der Waals surface area (Å²) in [4.78, 5) is 52.0. The maximum absolute atomic E-state index is 15.0. The van der Waals surface area contributed by atoms with Crippen molar-refractivity contribution in [1.82, 2.24) is 14.5 Å². The summed E-state index contributed by atoms with van der Waals surface area (Å²) in [5.74, 6) is -0.323.